The summed E-state index contributed by atoms with van der Waals surface area (Å²) in [6.45, 7) is -0.524. The molecule has 0 aliphatic heterocycles. The first-order chi connectivity index (χ1) is 15.5. The molecule has 0 spiro atoms. The summed E-state index contributed by atoms with van der Waals surface area (Å²) >= 11 is 0. The smallest absolute Gasteiger partial charge is 0.248 e. The van der Waals surface area contributed by atoms with Gasteiger partial charge >= 0.3 is 0 Å². The molecule has 0 aliphatic carbocycles. The van der Waals surface area contributed by atoms with Gasteiger partial charge in [-0.3, -0.25) is 4.79 Å². The number of sulfonamides is 1. The minimum Gasteiger partial charge on any atom is -0.456 e. The molecule has 0 radical (unpaired) electrons. The van der Waals surface area contributed by atoms with Crippen molar-refractivity contribution >= 4 is 36.7 Å². The van der Waals surface area contributed by atoms with Gasteiger partial charge < -0.3 is 15.3 Å². The molecular formula is C22H18N2O7S2. The van der Waals surface area contributed by atoms with Gasteiger partial charge in [0.1, 0.15) is 16.2 Å². The quantitative estimate of drug-likeness (QED) is 0.375. The predicted molar refractivity (Wildman–Crippen MR) is 119 cm³/mol. The molecule has 1 amide bonds. The Labute approximate surface area is 189 Å². The molecule has 0 unspecified atom stereocenters. The van der Waals surface area contributed by atoms with Crippen molar-refractivity contribution in [3.8, 4) is 11.3 Å². The fourth-order valence-electron chi connectivity index (χ4n) is 3.43. The average molecular weight is 487 g/mol. The number of primary amides is 1. The van der Waals surface area contributed by atoms with Crippen molar-refractivity contribution in [3.63, 3.8) is 0 Å². The molecular weight excluding hydrogens is 468 g/mol. The number of carbonyl (C=O) groups excluding carboxylic acids is 1. The van der Waals surface area contributed by atoms with Crippen LogP contribution < -0.4 is 10.9 Å². The Hall–Kier alpha value is -3.51. The summed E-state index contributed by atoms with van der Waals surface area (Å²) in [4.78, 5) is 10.1. The molecule has 0 saturated heterocycles. The van der Waals surface area contributed by atoms with Gasteiger partial charge in [0.2, 0.25) is 25.8 Å². The van der Waals surface area contributed by atoms with E-state index in [4.69, 9.17) is 15.3 Å². The molecule has 3 aromatic carbocycles. The first-order valence-electron chi connectivity index (χ1n) is 9.47. The number of primary sulfonamides is 1. The lowest BCUT2D eigenvalue weighted by Gasteiger charge is -2.14. The Balaban J connectivity index is 2.03. The third-order valence-electron chi connectivity index (χ3n) is 5.03. The van der Waals surface area contributed by atoms with E-state index in [1.807, 2.05) is 0 Å². The van der Waals surface area contributed by atoms with Crippen molar-refractivity contribution in [2.24, 2.45) is 10.9 Å². The van der Waals surface area contributed by atoms with E-state index in [1.54, 1.807) is 30.3 Å². The van der Waals surface area contributed by atoms with Crippen LogP contribution in [0.2, 0.25) is 0 Å². The zero-order valence-electron chi connectivity index (χ0n) is 16.9. The number of benzene rings is 3. The molecule has 0 bridgehead atoms. The summed E-state index contributed by atoms with van der Waals surface area (Å²) in [7, 11) is -9.05. The van der Waals surface area contributed by atoms with E-state index in [1.165, 1.54) is 18.2 Å². The van der Waals surface area contributed by atoms with Crippen LogP contribution in [0.5, 0.6) is 0 Å². The molecule has 0 atom stereocenters. The highest BCUT2D eigenvalue weighted by atomic mass is 32.2. The molecule has 170 valence electrons. The maximum absolute atomic E-state index is 13.7. The Kier molecular flexibility index (Phi) is 5.58. The SMILES string of the molecule is NC(=O)c1ccc(-c2cc3ccccc3o2)c(S(=O)(=O)c2ccc(CO)cc2S(N)(=O)=O)c1. The summed E-state index contributed by atoms with van der Waals surface area (Å²) in [6.07, 6.45) is 0. The molecule has 0 aliphatic rings. The summed E-state index contributed by atoms with van der Waals surface area (Å²) in [5.41, 5.74) is 6.01. The minimum atomic E-state index is -4.56. The number of hydrogen-bond acceptors (Lipinski definition) is 7. The monoisotopic (exact) mass is 486 g/mol. The van der Waals surface area contributed by atoms with E-state index in [0.29, 0.717) is 11.0 Å². The maximum atomic E-state index is 13.7. The van der Waals surface area contributed by atoms with Crippen molar-refractivity contribution in [2.75, 3.05) is 0 Å². The van der Waals surface area contributed by atoms with Crippen LogP contribution in [-0.2, 0) is 26.5 Å². The Morgan fingerprint density at radius 1 is 0.879 bits per heavy atom. The number of furan rings is 1. The number of para-hydroxylation sites is 1. The Morgan fingerprint density at radius 3 is 2.24 bits per heavy atom. The number of fused-ring (bicyclic) bond motifs is 1. The molecule has 1 heterocycles. The van der Waals surface area contributed by atoms with Crippen LogP contribution in [0.4, 0.5) is 0 Å². The van der Waals surface area contributed by atoms with Gasteiger partial charge in [-0.05, 0) is 48.0 Å². The molecule has 0 saturated carbocycles. The van der Waals surface area contributed by atoms with Crippen molar-refractivity contribution in [2.45, 2.75) is 21.3 Å². The number of aliphatic hydroxyl groups is 1. The zero-order valence-corrected chi connectivity index (χ0v) is 18.6. The number of nitrogens with two attached hydrogens (primary N) is 2. The number of rotatable bonds is 6. The van der Waals surface area contributed by atoms with Crippen LogP contribution in [0.1, 0.15) is 15.9 Å². The molecule has 5 N–H and O–H groups in total. The summed E-state index contributed by atoms with van der Waals surface area (Å²) in [5, 5.41) is 15.3. The second-order valence-corrected chi connectivity index (χ2v) is 10.6. The highest BCUT2D eigenvalue weighted by molar-refractivity contribution is 7.93. The molecule has 4 aromatic rings. The lowest BCUT2D eigenvalue weighted by Crippen LogP contribution is -2.18. The van der Waals surface area contributed by atoms with Crippen LogP contribution in [0.25, 0.3) is 22.3 Å². The van der Waals surface area contributed by atoms with Crippen molar-refractivity contribution < 1.29 is 31.2 Å². The predicted octanol–water partition coefficient (Wildman–Crippen LogP) is 2.17. The molecule has 0 fully saturated rings. The number of sulfone groups is 1. The Morgan fingerprint density at radius 2 is 1.61 bits per heavy atom. The number of amides is 1. The van der Waals surface area contributed by atoms with Gasteiger partial charge in [-0.15, -0.1) is 0 Å². The van der Waals surface area contributed by atoms with Gasteiger partial charge in [0.25, 0.3) is 0 Å². The van der Waals surface area contributed by atoms with Gasteiger partial charge in [-0.25, -0.2) is 22.0 Å². The van der Waals surface area contributed by atoms with E-state index < -0.39 is 42.2 Å². The lowest BCUT2D eigenvalue weighted by atomic mass is 10.1. The van der Waals surface area contributed by atoms with Crippen molar-refractivity contribution in [3.05, 3.63) is 77.9 Å². The second kappa shape index (κ2) is 8.12. The standard InChI is InChI=1S/C22H18N2O7S2/c23-22(26)15-6-7-16(18-10-14-3-1-2-4-17(14)31-18)20(11-15)32(27,28)19-8-5-13(12-25)9-21(19)33(24,29)30/h1-11,25H,12H2,(H2,23,26)(H2,24,29,30). The van der Waals surface area contributed by atoms with E-state index in [-0.39, 0.29) is 27.3 Å². The van der Waals surface area contributed by atoms with Gasteiger partial charge in [-0.2, -0.15) is 0 Å². The van der Waals surface area contributed by atoms with E-state index in [9.17, 15) is 26.7 Å². The molecule has 1 aromatic heterocycles. The zero-order chi connectivity index (χ0) is 24.0. The van der Waals surface area contributed by atoms with Gasteiger partial charge in [0.15, 0.2) is 0 Å². The van der Waals surface area contributed by atoms with Gasteiger partial charge in [0.05, 0.1) is 16.4 Å². The summed E-state index contributed by atoms with van der Waals surface area (Å²) in [5.74, 6) is -0.681. The second-order valence-electron chi connectivity index (χ2n) is 7.21. The van der Waals surface area contributed by atoms with E-state index >= 15 is 0 Å². The molecule has 33 heavy (non-hydrogen) atoms. The number of carbonyl (C=O) groups is 1. The van der Waals surface area contributed by atoms with Crippen LogP contribution in [0.3, 0.4) is 0 Å². The first kappa shape index (κ1) is 22.7. The van der Waals surface area contributed by atoms with Crippen LogP contribution >= 0.6 is 0 Å². The summed E-state index contributed by atoms with van der Waals surface area (Å²) in [6, 6.07) is 15.7. The van der Waals surface area contributed by atoms with E-state index in [2.05, 4.69) is 0 Å². The van der Waals surface area contributed by atoms with Crippen LogP contribution in [0.15, 0.2) is 85.8 Å². The van der Waals surface area contributed by atoms with E-state index in [0.717, 1.165) is 18.2 Å². The van der Waals surface area contributed by atoms with Crippen LogP contribution in [0, 0.1) is 0 Å². The van der Waals surface area contributed by atoms with Crippen molar-refractivity contribution in [1.29, 1.82) is 0 Å². The maximum Gasteiger partial charge on any atom is 0.248 e. The third-order valence-corrected chi connectivity index (χ3v) is 7.97. The topological polar surface area (TPSA) is 171 Å². The summed E-state index contributed by atoms with van der Waals surface area (Å²) < 4.78 is 57.6. The first-order valence-corrected chi connectivity index (χ1v) is 12.5. The van der Waals surface area contributed by atoms with Crippen molar-refractivity contribution in [1.82, 2.24) is 0 Å². The molecule has 9 nitrogen and oxygen atoms in total. The van der Waals surface area contributed by atoms with Gasteiger partial charge in [-0.1, -0.05) is 24.3 Å². The fourth-order valence-corrected chi connectivity index (χ4v) is 6.32. The Bertz CT molecular complexity index is 1590. The lowest BCUT2D eigenvalue weighted by molar-refractivity contribution is 0.1000. The minimum absolute atomic E-state index is 0.0995. The molecule has 11 heteroatoms. The highest BCUT2D eigenvalue weighted by Gasteiger charge is 2.30. The van der Waals surface area contributed by atoms with Crippen LogP contribution in [-0.4, -0.2) is 27.8 Å². The van der Waals surface area contributed by atoms with Gasteiger partial charge in [0, 0.05) is 16.5 Å². The number of aliphatic hydroxyl groups excluding tert-OH is 1. The number of hydrogen-bond donors (Lipinski definition) is 3. The molecule has 4 rings (SSSR count). The largest absolute Gasteiger partial charge is 0.456 e. The third kappa shape index (κ3) is 4.14. The highest BCUT2D eigenvalue weighted by Crippen LogP contribution is 2.37. The normalized spacial score (nSPS) is 12.2. The fraction of sp³-hybridized carbons (Fsp3) is 0.0455. The average Bonchev–Trinajstić information content (AvgIpc) is 3.21.